The molecule has 1 aromatic carbocycles. The minimum atomic E-state index is -0.128. The third-order valence-electron chi connectivity index (χ3n) is 4.43. The lowest BCUT2D eigenvalue weighted by Crippen LogP contribution is -2.29. The maximum absolute atomic E-state index is 12.6. The Morgan fingerprint density at radius 2 is 2.07 bits per heavy atom. The van der Waals surface area contributed by atoms with E-state index in [-0.39, 0.29) is 5.91 Å². The number of thioether (sulfide) groups is 1. The Morgan fingerprint density at radius 3 is 2.85 bits per heavy atom. The number of carbonyl (C=O) groups is 1. The number of nitrogens with zero attached hydrogens (tertiary/aromatic N) is 4. The van der Waals surface area contributed by atoms with Crippen molar-refractivity contribution in [2.75, 3.05) is 44.8 Å². The summed E-state index contributed by atoms with van der Waals surface area (Å²) in [7, 11) is 4.09. The third kappa shape index (κ3) is 6.57. The van der Waals surface area contributed by atoms with Gasteiger partial charge >= 0.3 is 0 Å². The van der Waals surface area contributed by atoms with Crippen LogP contribution in [0.1, 0.15) is 35.2 Å². The largest absolute Gasteiger partial charge is 0.309 e. The topological polar surface area (TPSA) is 61.4 Å². The van der Waals surface area contributed by atoms with Crippen LogP contribution in [0.3, 0.4) is 0 Å². The number of likely N-dealkylation sites (tertiary alicyclic amines) is 1. The monoisotopic (exact) mass is 405 g/mol. The van der Waals surface area contributed by atoms with Crippen molar-refractivity contribution in [2.24, 2.45) is 0 Å². The number of aromatic nitrogens is 2. The maximum Gasteiger partial charge on any atom is 0.257 e. The van der Waals surface area contributed by atoms with Gasteiger partial charge in [0.05, 0.1) is 0 Å². The number of carbonyl (C=O) groups excluding carboxylic acids is 1. The highest BCUT2D eigenvalue weighted by Gasteiger charge is 2.13. The Kier molecular flexibility index (Phi) is 7.63. The van der Waals surface area contributed by atoms with E-state index in [1.807, 2.05) is 32.3 Å². The van der Waals surface area contributed by atoms with Crippen LogP contribution in [0.2, 0.25) is 0 Å². The third-order valence-corrected chi connectivity index (χ3v) is 6.39. The lowest BCUT2D eigenvalue weighted by Gasteiger charge is -2.26. The summed E-state index contributed by atoms with van der Waals surface area (Å²) in [6.45, 7) is 4.19. The molecule has 1 aliphatic heterocycles. The lowest BCUT2D eigenvalue weighted by atomic mass is 10.1. The van der Waals surface area contributed by atoms with Crippen molar-refractivity contribution in [2.45, 2.75) is 30.1 Å². The maximum atomic E-state index is 12.6. The number of benzene rings is 1. The van der Waals surface area contributed by atoms with Gasteiger partial charge in [0.2, 0.25) is 5.13 Å². The molecule has 1 amide bonds. The average molecular weight is 406 g/mol. The molecule has 0 aliphatic carbocycles. The normalized spacial score (nSPS) is 15.2. The second-order valence-electron chi connectivity index (χ2n) is 7.02. The van der Waals surface area contributed by atoms with Gasteiger partial charge in [0, 0.05) is 24.4 Å². The van der Waals surface area contributed by atoms with Gasteiger partial charge in [0.1, 0.15) is 0 Å². The first-order valence-electron chi connectivity index (χ1n) is 9.34. The van der Waals surface area contributed by atoms with Crippen molar-refractivity contribution in [1.82, 2.24) is 20.0 Å². The molecule has 0 radical (unpaired) electrons. The summed E-state index contributed by atoms with van der Waals surface area (Å²) < 4.78 is 0.881. The van der Waals surface area contributed by atoms with Crippen molar-refractivity contribution in [3.05, 3.63) is 35.4 Å². The summed E-state index contributed by atoms with van der Waals surface area (Å²) in [6.07, 6.45) is 3.87. The highest BCUT2D eigenvalue weighted by molar-refractivity contribution is 8.01. The summed E-state index contributed by atoms with van der Waals surface area (Å²) in [5.74, 6) is 0.824. The number of rotatable bonds is 8. The van der Waals surface area contributed by atoms with Crippen LogP contribution in [0.5, 0.6) is 0 Å². The average Bonchev–Trinajstić information content (AvgIpc) is 3.10. The van der Waals surface area contributed by atoms with E-state index >= 15 is 0 Å². The second-order valence-corrected chi connectivity index (χ2v) is 9.34. The van der Waals surface area contributed by atoms with E-state index in [0.29, 0.717) is 10.7 Å². The van der Waals surface area contributed by atoms with Crippen LogP contribution < -0.4 is 5.32 Å². The smallest absolute Gasteiger partial charge is 0.257 e. The summed E-state index contributed by atoms with van der Waals surface area (Å²) in [6, 6.07) is 7.88. The molecule has 8 heteroatoms. The van der Waals surface area contributed by atoms with Gasteiger partial charge in [-0.25, -0.2) is 0 Å². The second kappa shape index (κ2) is 10.2. The van der Waals surface area contributed by atoms with E-state index in [0.717, 1.165) is 36.3 Å². The molecule has 1 fully saturated rings. The van der Waals surface area contributed by atoms with Gasteiger partial charge in [-0.3, -0.25) is 15.0 Å². The van der Waals surface area contributed by atoms with Crippen molar-refractivity contribution >= 4 is 34.1 Å². The van der Waals surface area contributed by atoms with E-state index in [1.54, 1.807) is 11.8 Å². The molecule has 1 aliphatic rings. The molecule has 27 heavy (non-hydrogen) atoms. The lowest BCUT2D eigenvalue weighted by molar-refractivity contribution is 0.102. The molecule has 6 nitrogen and oxygen atoms in total. The molecule has 1 saturated heterocycles. The fourth-order valence-electron chi connectivity index (χ4n) is 2.99. The quantitative estimate of drug-likeness (QED) is 0.536. The van der Waals surface area contributed by atoms with Crippen LogP contribution in [0.15, 0.2) is 28.6 Å². The SMILES string of the molecule is CN(C)CCSc1nnc(NC(=O)c2cccc(CN3CCCCC3)c2)s1. The molecule has 3 rings (SSSR count). The van der Waals surface area contributed by atoms with Crippen LogP contribution in [0.4, 0.5) is 5.13 Å². The molecular formula is C19H27N5OS2. The van der Waals surface area contributed by atoms with Crippen molar-refractivity contribution < 1.29 is 4.79 Å². The summed E-state index contributed by atoms with van der Waals surface area (Å²) in [5.41, 5.74) is 1.85. The van der Waals surface area contributed by atoms with Gasteiger partial charge in [-0.05, 0) is 57.7 Å². The first-order valence-corrected chi connectivity index (χ1v) is 11.1. The number of piperidine rings is 1. The zero-order chi connectivity index (χ0) is 19.1. The van der Waals surface area contributed by atoms with E-state index in [4.69, 9.17) is 0 Å². The van der Waals surface area contributed by atoms with Crippen LogP contribution in [0, 0.1) is 0 Å². The van der Waals surface area contributed by atoms with Gasteiger partial charge in [0.25, 0.3) is 5.91 Å². The predicted octanol–water partition coefficient (Wildman–Crippen LogP) is 3.43. The molecule has 0 bridgehead atoms. The molecule has 1 aromatic heterocycles. The van der Waals surface area contributed by atoms with E-state index in [1.165, 1.54) is 36.2 Å². The summed E-state index contributed by atoms with van der Waals surface area (Å²) in [5, 5.41) is 11.7. The van der Waals surface area contributed by atoms with E-state index in [9.17, 15) is 4.79 Å². The van der Waals surface area contributed by atoms with Crippen molar-refractivity contribution in [1.29, 1.82) is 0 Å². The first-order chi connectivity index (χ1) is 13.1. The molecule has 146 valence electrons. The van der Waals surface area contributed by atoms with Crippen molar-refractivity contribution in [3.63, 3.8) is 0 Å². The fourth-order valence-corrected chi connectivity index (χ4v) is 4.91. The molecule has 0 spiro atoms. The van der Waals surface area contributed by atoms with Crippen LogP contribution >= 0.6 is 23.1 Å². The Morgan fingerprint density at radius 1 is 1.26 bits per heavy atom. The van der Waals surface area contributed by atoms with Gasteiger partial charge in [-0.1, -0.05) is 41.7 Å². The molecule has 2 aromatic rings. The zero-order valence-electron chi connectivity index (χ0n) is 16.0. The number of anilines is 1. The minimum absolute atomic E-state index is 0.128. The molecule has 0 unspecified atom stereocenters. The highest BCUT2D eigenvalue weighted by Crippen LogP contribution is 2.25. The number of amides is 1. The number of hydrogen-bond donors (Lipinski definition) is 1. The van der Waals surface area contributed by atoms with Gasteiger partial charge in [0.15, 0.2) is 4.34 Å². The molecule has 1 N–H and O–H groups in total. The first kappa shape index (κ1) is 20.3. The van der Waals surface area contributed by atoms with Gasteiger partial charge in [-0.15, -0.1) is 10.2 Å². The minimum Gasteiger partial charge on any atom is -0.309 e. The predicted molar refractivity (Wildman–Crippen MR) is 113 cm³/mol. The highest BCUT2D eigenvalue weighted by atomic mass is 32.2. The Bertz CT molecular complexity index is 743. The standard InChI is InChI=1S/C19H27N5OS2/c1-23(2)11-12-26-19-22-21-18(27-19)20-17(25)16-8-6-7-15(13-16)14-24-9-4-3-5-10-24/h6-8,13H,3-5,9-12,14H2,1-2H3,(H,20,21,25). The number of nitrogens with one attached hydrogen (secondary N) is 1. The van der Waals surface area contributed by atoms with Gasteiger partial charge < -0.3 is 4.90 Å². The molecule has 0 saturated carbocycles. The van der Waals surface area contributed by atoms with Crippen LogP contribution in [-0.2, 0) is 6.54 Å². The Hall–Kier alpha value is -1.48. The fraction of sp³-hybridized carbons (Fsp3) is 0.526. The summed E-state index contributed by atoms with van der Waals surface area (Å²) in [4.78, 5) is 17.2. The van der Waals surface area contributed by atoms with Crippen LogP contribution in [-0.4, -0.2) is 65.4 Å². The summed E-state index contributed by atoms with van der Waals surface area (Å²) >= 11 is 3.08. The Balaban J connectivity index is 1.54. The number of hydrogen-bond acceptors (Lipinski definition) is 7. The van der Waals surface area contributed by atoms with E-state index < -0.39 is 0 Å². The molecule has 0 atom stereocenters. The van der Waals surface area contributed by atoms with Crippen LogP contribution in [0.25, 0.3) is 0 Å². The van der Waals surface area contributed by atoms with Crippen molar-refractivity contribution in [3.8, 4) is 0 Å². The zero-order valence-corrected chi connectivity index (χ0v) is 17.6. The van der Waals surface area contributed by atoms with E-state index in [2.05, 4.69) is 31.4 Å². The van der Waals surface area contributed by atoms with Gasteiger partial charge in [-0.2, -0.15) is 0 Å². The Labute approximate surface area is 169 Å². The molecule has 2 heterocycles. The molecular weight excluding hydrogens is 378 g/mol.